The van der Waals surface area contributed by atoms with Gasteiger partial charge in [0.25, 0.3) is 0 Å². The fourth-order valence-corrected chi connectivity index (χ4v) is 2.25. The van der Waals surface area contributed by atoms with Gasteiger partial charge in [-0.25, -0.2) is 8.78 Å². The second-order valence-corrected chi connectivity index (χ2v) is 4.71. The third-order valence-corrected chi connectivity index (χ3v) is 3.24. The molecular weight excluding hydrogens is 258 g/mol. The Labute approximate surface area is 107 Å². The van der Waals surface area contributed by atoms with Crippen LogP contribution in [0.3, 0.4) is 0 Å². The Hall–Kier alpha value is -1.69. The summed E-state index contributed by atoms with van der Waals surface area (Å²) in [4.78, 5) is 12.5. The zero-order valence-electron chi connectivity index (χ0n) is 9.56. The van der Waals surface area contributed by atoms with E-state index in [1.54, 1.807) is 24.1 Å². The maximum atomic E-state index is 13.3. The number of Topliss-reactive ketones (excluding diaryl/α,β-unsaturated/α-hetero) is 1. The molecule has 0 spiro atoms. The maximum Gasteiger partial charge on any atom is 0.178 e. The van der Waals surface area contributed by atoms with Gasteiger partial charge in [-0.1, -0.05) is 6.07 Å². The van der Waals surface area contributed by atoms with Crippen LogP contribution in [0.4, 0.5) is 8.78 Å². The van der Waals surface area contributed by atoms with Gasteiger partial charge in [0.05, 0.1) is 17.5 Å². The molecule has 1 aromatic heterocycles. The lowest BCUT2D eigenvalue weighted by molar-refractivity contribution is 0.101. The van der Waals surface area contributed by atoms with E-state index >= 15 is 0 Å². The average molecular weight is 268 g/mol. The number of carbonyl (C=O) groups is 1. The average Bonchev–Trinajstić information content (AvgIpc) is 2.72. The molecule has 2 aromatic rings. The number of hydrogen-bond donors (Lipinski definition) is 0. The van der Waals surface area contributed by atoms with Crippen molar-refractivity contribution in [2.75, 3.05) is 5.75 Å². The van der Waals surface area contributed by atoms with Crippen LogP contribution in [0.25, 0.3) is 0 Å². The number of benzene rings is 1. The molecule has 1 aromatic carbocycles. The van der Waals surface area contributed by atoms with Crippen LogP contribution in [0.1, 0.15) is 10.4 Å². The summed E-state index contributed by atoms with van der Waals surface area (Å²) in [5.41, 5.74) is -0.478. The van der Waals surface area contributed by atoms with E-state index in [4.69, 9.17) is 0 Å². The van der Waals surface area contributed by atoms with Gasteiger partial charge in [0.15, 0.2) is 5.78 Å². The second kappa shape index (κ2) is 5.30. The Morgan fingerprint density at radius 3 is 2.61 bits per heavy atom. The largest absolute Gasteiger partial charge is 0.293 e. The van der Waals surface area contributed by atoms with Crippen LogP contribution in [0.15, 0.2) is 35.5 Å². The van der Waals surface area contributed by atoms with E-state index in [2.05, 4.69) is 5.10 Å². The third-order valence-electron chi connectivity index (χ3n) is 2.29. The number of thioether (sulfide) groups is 1. The Morgan fingerprint density at radius 2 is 2.06 bits per heavy atom. The van der Waals surface area contributed by atoms with Gasteiger partial charge in [0.1, 0.15) is 11.6 Å². The number of hydrogen-bond acceptors (Lipinski definition) is 3. The molecule has 3 nitrogen and oxygen atoms in total. The summed E-state index contributed by atoms with van der Waals surface area (Å²) >= 11 is 1.20. The Kier molecular flexibility index (Phi) is 3.76. The quantitative estimate of drug-likeness (QED) is 0.631. The third kappa shape index (κ3) is 2.76. The summed E-state index contributed by atoms with van der Waals surface area (Å²) in [6.45, 7) is 0. The van der Waals surface area contributed by atoms with Crippen molar-refractivity contribution in [3.8, 4) is 0 Å². The summed E-state index contributed by atoms with van der Waals surface area (Å²) < 4.78 is 28.3. The van der Waals surface area contributed by atoms with Crippen LogP contribution in [0, 0.1) is 11.6 Å². The van der Waals surface area contributed by atoms with Gasteiger partial charge < -0.3 is 0 Å². The van der Waals surface area contributed by atoms with Crippen molar-refractivity contribution in [2.45, 2.75) is 4.90 Å². The zero-order chi connectivity index (χ0) is 13.1. The lowest BCUT2D eigenvalue weighted by Gasteiger charge is -2.02. The lowest BCUT2D eigenvalue weighted by atomic mass is 10.1. The number of rotatable bonds is 4. The number of halogens is 2. The van der Waals surface area contributed by atoms with Gasteiger partial charge in [-0.05, 0) is 12.1 Å². The van der Waals surface area contributed by atoms with Crippen molar-refractivity contribution < 1.29 is 13.6 Å². The summed E-state index contributed by atoms with van der Waals surface area (Å²) in [7, 11) is 1.75. The van der Waals surface area contributed by atoms with Crippen LogP contribution < -0.4 is 0 Å². The van der Waals surface area contributed by atoms with E-state index in [-0.39, 0.29) is 5.75 Å². The van der Waals surface area contributed by atoms with Gasteiger partial charge in [0.2, 0.25) is 0 Å². The number of aromatic nitrogens is 2. The van der Waals surface area contributed by atoms with Crippen molar-refractivity contribution >= 4 is 17.5 Å². The minimum Gasteiger partial charge on any atom is -0.293 e. The van der Waals surface area contributed by atoms with Crippen molar-refractivity contribution in [3.63, 3.8) is 0 Å². The topological polar surface area (TPSA) is 34.9 Å². The molecule has 18 heavy (non-hydrogen) atoms. The smallest absolute Gasteiger partial charge is 0.178 e. The molecule has 0 aliphatic heterocycles. The van der Waals surface area contributed by atoms with Crippen LogP contribution in [0.2, 0.25) is 0 Å². The molecule has 0 atom stereocenters. The molecule has 94 valence electrons. The maximum absolute atomic E-state index is 13.3. The number of carbonyl (C=O) groups excluding carboxylic acids is 1. The van der Waals surface area contributed by atoms with E-state index in [0.29, 0.717) is 0 Å². The summed E-state index contributed by atoms with van der Waals surface area (Å²) in [6, 6.07) is 3.38. The molecule has 2 rings (SSSR count). The first-order chi connectivity index (χ1) is 8.58. The molecule has 0 aliphatic rings. The molecule has 0 amide bonds. The SMILES string of the molecule is Cn1cc(SCC(=O)c2c(F)cccc2F)cn1. The summed E-state index contributed by atoms with van der Waals surface area (Å²) in [5.74, 6) is -2.25. The fourth-order valence-electron chi connectivity index (χ4n) is 1.46. The van der Waals surface area contributed by atoms with Crippen molar-refractivity contribution in [1.29, 1.82) is 0 Å². The van der Waals surface area contributed by atoms with Crippen LogP contribution in [-0.4, -0.2) is 21.3 Å². The molecule has 6 heteroatoms. The van der Waals surface area contributed by atoms with Gasteiger partial charge in [0, 0.05) is 18.1 Å². The lowest BCUT2D eigenvalue weighted by Crippen LogP contribution is -2.08. The van der Waals surface area contributed by atoms with E-state index in [1.807, 2.05) is 0 Å². The molecule has 1 heterocycles. The molecule has 0 N–H and O–H groups in total. The highest BCUT2D eigenvalue weighted by Gasteiger charge is 2.17. The highest BCUT2D eigenvalue weighted by molar-refractivity contribution is 8.00. The molecule has 0 saturated carbocycles. The first-order valence-electron chi connectivity index (χ1n) is 5.16. The van der Waals surface area contributed by atoms with Gasteiger partial charge in [-0.15, -0.1) is 11.8 Å². The van der Waals surface area contributed by atoms with Crippen molar-refractivity contribution in [2.24, 2.45) is 7.05 Å². The highest BCUT2D eigenvalue weighted by Crippen LogP contribution is 2.20. The number of ketones is 1. The molecule has 0 unspecified atom stereocenters. The molecule has 0 fully saturated rings. The Morgan fingerprint density at radius 1 is 1.39 bits per heavy atom. The Bertz CT molecular complexity index is 563. The van der Waals surface area contributed by atoms with E-state index < -0.39 is 23.0 Å². The van der Waals surface area contributed by atoms with Crippen molar-refractivity contribution in [1.82, 2.24) is 9.78 Å². The minimum atomic E-state index is -0.827. The monoisotopic (exact) mass is 268 g/mol. The predicted octanol–water partition coefficient (Wildman–Crippen LogP) is 2.67. The highest BCUT2D eigenvalue weighted by atomic mass is 32.2. The summed E-state index contributed by atoms with van der Waals surface area (Å²) in [5, 5.41) is 3.94. The second-order valence-electron chi connectivity index (χ2n) is 3.66. The fraction of sp³-hybridized carbons (Fsp3) is 0.167. The summed E-state index contributed by atoms with van der Waals surface area (Å²) in [6.07, 6.45) is 3.32. The number of aryl methyl sites for hydroxylation is 1. The molecule has 0 radical (unpaired) electrons. The molecule has 0 bridgehead atoms. The minimum absolute atomic E-state index is 0.0243. The van der Waals surface area contributed by atoms with Gasteiger partial charge in [-0.3, -0.25) is 9.48 Å². The predicted molar refractivity (Wildman–Crippen MR) is 64.6 cm³/mol. The molecule has 0 saturated heterocycles. The first-order valence-corrected chi connectivity index (χ1v) is 6.15. The molecular formula is C12H10F2N2OS. The Balaban J connectivity index is 2.08. The van der Waals surface area contributed by atoms with E-state index in [0.717, 1.165) is 17.0 Å². The standard InChI is InChI=1S/C12H10F2N2OS/c1-16-6-8(5-15-16)18-7-11(17)12-9(13)3-2-4-10(12)14/h2-6H,7H2,1H3. The zero-order valence-corrected chi connectivity index (χ0v) is 10.4. The first kappa shape index (κ1) is 12.8. The number of nitrogens with zero attached hydrogens (tertiary/aromatic N) is 2. The van der Waals surface area contributed by atoms with E-state index in [9.17, 15) is 13.6 Å². The van der Waals surface area contributed by atoms with Crippen molar-refractivity contribution in [3.05, 3.63) is 47.8 Å². The van der Waals surface area contributed by atoms with Gasteiger partial charge >= 0.3 is 0 Å². The van der Waals surface area contributed by atoms with Crippen LogP contribution in [0.5, 0.6) is 0 Å². The van der Waals surface area contributed by atoms with Crippen LogP contribution in [-0.2, 0) is 7.05 Å². The van der Waals surface area contributed by atoms with Gasteiger partial charge in [-0.2, -0.15) is 5.10 Å². The molecule has 0 aliphatic carbocycles. The normalized spacial score (nSPS) is 10.6. The van der Waals surface area contributed by atoms with E-state index in [1.165, 1.54) is 17.8 Å². The van der Waals surface area contributed by atoms with Crippen LogP contribution >= 0.6 is 11.8 Å².